The summed E-state index contributed by atoms with van der Waals surface area (Å²) in [6.07, 6.45) is 3.38. The fraction of sp³-hybridized carbons (Fsp3) is 0.250. The first-order valence-corrected chi connectivity index (χ1v) is 7.25. The molecule has 0 aliphatic rings. The van der Waals surface area contributed by atoms with Gasteiger partial charge in [0, 0.05) is 13.1 Å². The van der Waals surface area contributed by atoms with E-state index in [0.717, 1.165) is 3.79 Å². The molecule has 0 radical (unpaired) electrons. The van der Waals surface area contributed by atoms with E-state index in [1.165, 1.54) is 11.3 Å². The zero-order valence-electron chi connectivity index (χ0n) is 7.81. The van der Waals surface area contributed by atoms with Gasteiger partial charge in [0.15, 0.2) is 0 Å². The molecule has 1 aromatic rings. The van der Waals surface area contributed by atoms with Crippen LogP contribution in [-0.4, -0.2) is 21.5 Å². The van der Waals surface area contributed by atoms with E-state index in [1.807, 2.05) is 0 Å². The Balaban J connectivity index is 2.64. The first kappa shape index (κ1) is 12.9. The molecule has 84 valence electrons. The highest BCUT2D eigenvalue weighted by Crippen LogP contribution is 2.25. The Labute approximate surface area is 101 Å². The Bertz CT molecular complexity index is 439. The first-order chi connectivity index (χ1) is 7.06. The normalized spacial score (nSPS) is 12.4. The van der Waals surface area contributed by atoms with Crippen LogP contribution in [0, 0.1) is 0 Å². The van der Waals surface area contributed by atoms with Crippen molar-refractivity contribution in [2.75, 3.05) is 13.1 Å². The number of thiophene rings is 1. The summed E-state index contributed by atoms with van der Waals surface area (Å²) in [6, 6.07) is 3.26. The summed E-state index contributed by atoms with van der Waals surface area (Å²) >= 11 is 4.39. The third kappa shape index (κ3) is 4.04. The largest absolute Gasteiger partial charge is 0.327 e. The second kappa shape index (κ2) is 5.76. The van der Waals surface area contributed by atoms with Gasteiger partial charge in [0.05, 0.1) is 3.79 Å². The minimum absolute atomic E-state index is 0.259. The predicted molar refractivity (Wildman–Crippen MR) is 65.4 cm³/mol. The summed E-state index contributed by atoms with van der Waals surface area (Å²) in [5, 5.41) is 0. The molecule has 0 saturated heterocycles. The molecule has 1 heterocycles. The SMILES string of the molecule is NC/C=C/CNS(=O)(=O)c1ccc(Br)s1. The summed E-state index contributed by atoms with van der Waals surface area (Å²) in [6.45, 7) is 0.668. The van der Waals surface area contributed by atoms with Crippen LogP contribution >= 0.6 is 27.3 Å². The molecule has 0 aliphatic heterocycles. The fourth-order valence-corrected chi connectivity index (χ4v) is 3.88. The van der Waals surface area contributed by atoms with Gasteiger partial charge in [-0.15, -0.1) is 11.3 Å². The van der Waals surface area contributed by atoms with E-state index in [0.29, 0.717) is 10.8 Å². The highest BCUT2D eigenvalue weighted by atomic mass is 79.9. The quantitative estimate of drug-likeness (QED) is 0.805. The molecule has 1 rings (SSSR count). The maximum atomic E-state index is 11.6. The summed E-state index contributed by atoms with van der Waals surface area (Å²) in [5.41, 5.74) is 5.22. The average molecular weight is 311 g/mol. The van der Waals surface area contributed by atoms with Crippen LogP contribution in [-0.2, 0) is 10.0 Å². The smallest absolute Gasteiger partial charge is 0.250 e. The van der Waals surface area contributed by atoms with Gasteiger partial charge in [0.1, 0.15) is 4.21 Å². The van der Waals surface area contributed by atoms with E-state index in [2.05, 4.69) is 20.7 Å². The molecule has 0 aromatic carbocycles. The molecule has 1 aromatic heterocycles. The van der Waals surface area contributed by atoms with Gasteiger partial charge in [-0.3, -0.25) is 0 Å². The van der Waals surface area contributed by atoms with Gasteiger partial charge in [0.25, 0.3) is 0 Å². The molecule has 0 amide bonds. The standard InChI is InChI=1S/C8H11BrN2O2S2/c9-7-3-4-8(14-7)15(12,13)11-6-2-1-5-10/h1-4,11H,5-6,10H2/b2-1+. The van der Waals surface area contributed by atoms with Crippen molar-refractivity contribution in [3.05, 3.63) is 28.1 Å². The Kier molecular flexibility index (Phi) is 4.94. The molecule has 0 aliphatic carbocycles. The van der Waals surface area contributed by atoms with Gasteiger partial charge in [-0.1, -0.05) is 12.2 Å². The topological polar surface area (TPSA) is 72.2 Å². The molecule has 7 heteroatoms. The molecule has 0 fully saturated rings. The lowest BCUT2D eigenvalue weighted by molar-refractivity contribution is 0.587. The predicted octanol–water partition coefficient (Wildman–Crippen LogP) is 1.30. The van der Waals surface area contributed by atoms with Crippen molar-refractivity contribution in [1.82, 2.24) is 4.72 Å². The van der Waals surface area contributed by atoms with Gasteiger partial charge in [-0.25, -0.2) is 13.1 Å². The Morgan fingerprint density at radius 3 is 2.73 bits per heavy atom. The van der Waals surface area contributed by atoms with Crippen molar-refractivity contribution in [3.8, 4) is 0 Å². The lowest BCUT2D eigenvalue weighted by Crippen LogP contribution is -2.22. The monoisotopic (exact) mass is 310 g/mol. The zero-order chi connectivity index (χ0) is 11.3. The van der Waals surface area contributed by atoms with Gasteiger partial charge in [-0.2, -0.15) is 0 Å². The number of hydrogen-bond acceptors (Lipinski definition) is 4. The molecule has 0 bridgehead atoms. The maximum Gasteiger partial charge on any atom is 0.250 e. The molecular weight excluding hydrogens is 300 g/mol. The van der Waals surface area contributed by atoms with Crippen LogP contribution in [0.15, 0.2) is 32.3 Å². The minimum Gasteiger partial charge on any atom is -0.327 e. The second-order valence-corrected chi connectivity index (χ2v) is 7.07. The van der Waals surface area contributed by atoms with E-state index in [-0.39, 0.29) is 6.54 Å². The van der Waals surface area contributed by atoms with Crippen molar-refractivity contribution in [3.63, 3.8) is 0 Å². The molecule has 0 saturated carbocycles. The van der Waals surface area contributed by atoms with Crippen LogP contribution in [0.2, 0.25) is 0 Å². The molecule has 15 heavy (non-hydrogen) atoms. The summed E-state index contributed by atoms with van der Waals surface area (Å²) < 4.78 is 26.8. The second-order valence-electron chi connectivity index (χ2n) is 2.62. The number of sulfonamides is 1. The van der Waals surface area contributed by atoms with Crippen LogP contribution in [0.4, 0.5) is 0 Å². The van der Waals surface area contributed by atoms with Crippen molar-refractivity contribution < 1.29 is 8.42 Å². The summed E-state index contributed by atoms with van der Waals surface area (Å²) in [5.74, 6) is 0. The lowest BCUT2D eigenvalue weighted by atomic mass is 10.5. The summed E-state index contributed by atoms with van der Waals surface area (Å²) in [4.78, 5) is 0. The highest BCUT2D eigenvalue weighted by Gasteiger charge is 2.14. The number of nitrogens with one attached hydrogen (secondary N) is 1. The Morgan fingerprint density at radius 1 is 1.47 bits per heavy atom. The van der Waals surface area contributed by atoms with Crippen LogP contribution in [0.1, 0.15) is 0 Å². The van der Waals surface area contributed by atoms with Crippen molar-refractivity contribution in [2.24, 2.45) is 5.73 Å². The van der Waals surface area contributed by atoms with E-state index < -0.39 is 10.0 Å². The number of rotatable bonds is 5. The van der Waals surface area contributed by atoms with E-state index in [9.17, 15) is 8.42 Å². The molecule has 4 nitrogen and oxygen atoms in total. The number of halogens is 1. The Morgan fingerprint density at radius 2 is 2.20 bits per heavy atom. The van der Waals surface area contributed by atoms with Crippen molar-refractivity contribution in [1.29, 1.82) is 0 Å². The third-order valence-electron chi connectivity index (χ3n) is 1.51. The third-order valence-corrected chi connectivity index (χ3v) is 5.05. The van der Waals surface area contributed by atoms with Crippen LogP contribution in [0.5, 0.6) is 0 Å². The van der Waals surface area contributed by atoms with E-state index in [1.54, 1.807) is 24.3 Å². The van der Waals surface area contributed by atoms with E-state index >= 15 is 0 Å². The molecule has 0 atom stereocenters. The molecule has 0 unspecified atom stereocenters. The van der Waals surface area contributed by atoms with Gasteiger partial charge >= 0.3 is 0 Å². The van der Waals surface area contributed by atoms with Crippen molar-refractivity contribution in [2.45, 2.75) is 4.21 Å². The highest BCUT2D eigenvalue weighted by molar-refractivity contribution is 9.11. The fourth-order valence-electron chi connectivity index (χ4n) is 0.851. The molecular formula is C8H11BrN2O2S2. The Hall–Kier alpha value is -0.210. The van der Waals surface area contributed by atoms with E-state index in [4.69, 9.17) is 5.73 Å². The average Bonchev–Trinajstić information content (AvgIpc) is 2.60. The summed E-state index contributed by atoms with van der Waals surface area (Å²) in [7, 11) is -3.37. The number of nitrogens with two attached hydrogens (primary N) is 1. The molecule has 3 N–H and O–H groups in total. The molecule has 0 spiro atoms. The lowest BCUT2D eigenvalue weighted by Gasteiger charge is -2.00. The van der Waals surface area contributed by atoms with Gasteiger partial charge < -0.3 is 5.73 Å². The van der Waals surface area contributed by atoms with Gasteiger partial charge in [0.2, 0.25) is 10.0 Å². The van der Waals surface area contributed by atoms with Crippen LogP contribution in [0.3, 0.4) is 0 Å². The zero-order valence-corrected chi connectivity index (χ0v) is 11.0. The first-order valence-electron chi connectivity index (χ1n) is 4.16. The van der Waals surface area contributed by atoms with Gasteiger partial charge in [-0.05, 0) is 28.1 Å². The maximum absolute atomic E-state index is 11.6. The van der Waals surface area contributed by atoms with Crippen LogP contribution in [0.25, 0.3) is 0 Å². The van der Waals surface area contributed by atoms with Crippen molar-refractivity contribution >= 4 is 37.3 Å². The number of hydrogen-bond donors (Lipinski definition) is 2. The van der Waals surface area contributed by atoms with Crippen LogP contribution < -0.4 is 10.5 Å². The minimum atomic E-state index is -3.37.